The molecule has 3 aromatic heterocycles. The maximum atomic E-state index is 11.6. The molecule has 0 fully saturated rings. The molecule has 224 valence electrons. The van der Waals surface area contributed by atoms with E-state index in [9.17, 15) is 24.9 Å². The van der Waals surface area contributed by atoms with Crippen LogP contribution in [-0.2, 0) is 22.4 Å². The van der Waals surface area contributed by atoms with E-state index in [1.54, 1.807) is 6.92 Å². The fourth-order valence-electron chi connectivity index (χ4n) is 6.27. The number of carboxylic acid groups (broad SMARTS) is 2. The number of aliphatic hydroxyl groups is 1. The third kappa shape index (κ3) is 6.33. The van der Waals surface area contributed by atoms with Crippen molar-refractivity contribution in [2.75, 3.05) is 0 Å². The number of carbonyl (C=O) groups is 2. The summed E-state index contributed by atoms with van der Waals surface area (Å²) >= 11 is 0. The van der Waals surface area contributed by atoms with Gasteiger partial charge >= 0.3 is 41.5 Å². The van der Waals surface area contributed by atoms with E-state index in [4.69, 9.17) is 9.97 Å². The molecule has 44 heavy (non-hydrogen) atoms. The van der Waals surface area contributed by atoms with Crippen LogP contribution in [0.2, 0.25) is 0 Å². The first-order valence-electron chi connectivity index (χ1n) is 14.7. The normalized spacial score (nSPS) is 13.7. The number of nitrogens with one attached hydrogen (secondary N) is 2. The van der Waals surface area contributed by atoms with Gasteiger partial charge in [-0.15, -0.1) is 0 Å². The Morgan fingerprint density at radius 3 is 1.80 bits per heavy atom. The number of aliphatic hydroxyl groups excluding tert-OH is 1. The summed E-state index contributed by atoms with van der Waals surface area (Å²) in [5, 5.41) is 29.7. The second-order valence-corrected chi connectivity index (χ2v) is 11.4. The Balaban J connectivity index is 0.00000442. The van der Waals surface area contributed by atoms with Crippen molar-refractivity contribution in [2.45, 2.75) is 79.8 Å². The third-order valence-electron chi connectivity index (χ3n) is 8.67. The summed E-state index contributed by atoms with van der Waals surface area (Å²) in [7, 11) is 0. The molecule has 0 saturated carbocycles. The molecule has 2 aliphatic heterocycles. The topological polar surface area (TPSA) is 152 Å². The Morgan fingerprint density at radius 2 is 1.20 bits per heavy atom. The SMILES string of the molecule is CCc1c(C)c2cc3nc(cc4[nH]c(cc5nc(cc1[nH]2)C(C)=C5C(C)O)c(C)c4CCC(=O)O)C(CCC(=O)O)=C3C.[Na+]. The van der Waals surface area contributed by atoms with Crippen LogP contribution in [0.5, 0.6) is 0 Å². The van der Waals surface area contributed by atoms with Gasteiger partial charge in [0, 0.05) is 40.5 Å². The van der Waals surface area contributed by atoms with Crippen molar-refractivity contribution in [1.29, 1.82) is 0 Å². The summed E-state index contributed by atoms with van der Waals surface area (Å²) in [4.78, 5) is 40.1. The van der Waals surface area contributed by atoms with Gasteiger partial charge in [0.2, 0.25) is 0 Å². The van der Waals surface area contributed by atoms with Gasteiger partial charge in [-0.3, -0.25) is 9.59 Å². The monoisotopic (exact) mass is 605 g/mol. The van der Waals surface area contributed by atoms with Gasteiger partial charge in [-0.1, -0.05) is 6.92 Å². The van der Waals surface area contributed by atoms with Crippen LogP contribution < -0.4 is 29.6 Å². The van der Waals surface area contributed by atoms with Gasteiger partial charge in [-0.2, -0.15) is 0 Å². The molecular formula is C34H38N4NaO5+. The van der Waals surface area contributed by atoms with Crippen LogP contribution in [0.25, 0.3) is 44.4 Å². The fraction of sp³-hybridized carbons (Fsp3) is 0.353. The number of fused-ring (bicyclic) bond motifs is 8. The Kier molecular flexibility index (Phi) is 10.0. The molecule has 8 bridgehead atoms. The standard InChI is InChI=1S/C34H38N4O5.Na/c1-7-21-16(2)24-12-25-17(3)22(8-10-32(40)41)29(36-25)15-30-23(9-11-33(42)43)18(4)26(37-30)14-31-34(20(6)39)19(5)27(38-31)13-28(21)35-24;/h12-15,20,35,37,39H,7-11H2,1-6H3,(H,40,41)(H,42,43);/q;+1. The summed E-state index contributed by atoms with van der Waals surface area (Å²) in [6.45, 7) is 11.8. The zero-order valence-corrected chi connectivity index (χ0v) is 28.5. The third-order valence-corrected chi connectivity index (χ3v) is 8.67. The first-order chi connectivity index (χ1) is 20.4. The molecular weight excluding hydrogens is 567 g/mol. The second-order valence-electron chi connectivity index (χ2n) is 11.4. The summed E-state index contributed by atoms with van der Waals surface area (Å²) in [5.41, 5.74) is 13.6. The number of aryl methyl sites for hydroxylation is 4. The number of hydrogen-bond donors (Lipinski definition) is 5. The molecule has 5 heterocycles. The number of carboxylic acids is 2. The molecule has 0 spiro atoms. The summed E-state index contributed by atoms with van der Waals surface area (Å²) < 4.78 is 0. The van der Waals surface area contributed by atoms with Gasteiger partial charge in [0.1, 0.15) is 0 Å². The molecule has 5 N–H and O–H groups in total. The predicted molar refractivity (Wildman–Crippen MR) is 169 cm³/mol. The van der Waals surface area contributed by atoms with Crippen molar-refractivity contribution in [3.8, 4) is 0 Å². The van der Waals surface area contributed by atoms with E-state index in [0.717, 1.165) is 84.4 Å². The van der Waals surface area contributed by atoms with Crippen LogP contribution in [-0.4, -0.2) is 53.3 Å². The number of rotatable bonds is 8. The van der Waals surface area contributed by atoms with Gasteiger partial charge in [-0.25, -0.2) is 9.97 Å². The van der Waals surface area contributed by atoms with Gasteiger partial charge < -0.3 is 25.3 Å². The summed E-state index contributed by atoms with van der Waals surface area (Å²) in [6, 6.07) is 7.85. The van der Waals surface area contributed by atoms with Crippen molar-refractivity contribution in [1.82, 2.24) is 19.9 Å². The van der Waals surface area contributed by atoms with E-state index in [1.165, 1.54) is 0 Å². The van der Waals surface area contributed by atoms with E-state index >= 15 is 0 Å². The molecule has 0 radical (unpaired) electrons. The van der Waals surface area contributed by atoms with Crippen LogP contribution in [0.3, 0.4) is 0 Å². The minimum absolute atomic E-state index is 0. The molecule has 10 heteroatoms. The van der Waals surface area contributed by atoms with Crippen molar-refractivity contribution in [3.05, 3.63) is 69.3 Å². The molecule has 3 aromatic rings. The first-order valence-corrected chi connectivity index (χ1v) is 14.7. The van der Waals surface area contributed by atoms with Gasteiger partial charge in [0.15, 0.2) is 0 Å². The van der Waals surface area contributed by atoms with E-state index in [2.05, 4.69) is 23.8 Å². The van der Waals surface area contributed by atoms with Gasteiger partial charge in [0.25, 0.3) is 0 Å². The summed E-state index contributed by atoms with van der Waals surface area (Å²) in [5.74, 6) is -1.78. The number of allylic oxidation sites excluding steroid dienone is 3. The van der Waals surface area contributed by atoms with Crippen LogP contribution in [0.4, 0.5) is 0 Å². The van der Waals surface area contributed by atoms with Crippen LogP contribution in [0.1, 0.15) is 92.0 Å². The zero-order valence-electron chi connectivity index (χ0n) is 26.5. The minimum Gasteiger partial charge on any atom is -0.481 e. The average molecular weight is 606 g/mol. The number of hydrogen-bond acceptors (Lipinski definition) is 5. The summed E-state index contributed by atoms with van der Waals surface area (Å²) in [6.07, 6.45) is 0.605. The smallest absolute Gasteiger partial charge is 0.481 e. The quantitative estimate of drug-likeness (QED) is 0.246. The number of nitrogens with zero attached hydrogens (tertiary/aromatic N) is 2. The van der Waals surface area contributed by atoms with E-state index in [1.807, 2.05) is 45.0 Å². The fourth-order valence-corrected chi connectivity index (χ4v) is 6.27. The van der Waals surface area contributed by atoms with Crippen molar-refractivity contribution in [2.24, 2.45) is 0 Å². The van der Waals surface area contributed by atoms with Crippen molar-refractivity contribution < 1.29 is 54.5 Å². The van der Waals surface area contributed by atoms with Crippen LogP contribution in [0.15, 0.2) is 24.3 Å². The molecule has 9 nitrogen and oxygen atoms in total. The Labute approximate surface area is 278 Å². The molecule has 2 aliphatic rings. The average Bonchev–Trinajstić information content (AvgIpc) is 3.59. The molecule has 0 aromatic carbocycles. The number of aliphatic carboxylic acids is 2. The Bertz CT molecular complexity index is 1890. The Morgan fingerprint density at radius 1 is 0.727 bits per heavy atom. The minimum atomic E-state index is -0.895. The number of aromatic amines is 2. The molecule has 1 atom stereocenters. The first kappa shape index (κ1) is 33.4. The van der Waals surface area contributed by atoms with Gasteiger partial charge in [-0.05, 0) is 117 Å². The van der Waals surface area contributed by atoms with E-state index in [-0.39, 0.29) is 42.4 Å². The predicted octanol–water partition coefficient (Wildman–Crippen LogP) is 3.62. The molecule has 0 aliphatic carbocycles. The van der Waals surface area contributed by atoms with E-state index in [0.29, 0.717) is 24.2 Å². The Hall–Kier alpha value is -3.50. The molecule has 1 unspecified atom stereocenters. The molecule has 0 saturated heterocycles. The number of H-pyrrole nitrogens is 2. The van der Waals surface area contributed by atoms with Gasteiger partial charge in [0.05, 0.1) is 28.9 Å². The second kappa shape index (κ2) is 13.2. The molecule has 5 rings (SSSR count). The maximum Gasteiger partial charge on any atom is 1.00 e. The largest absolute Gasteiger partial charge is 1.00 e. The molecule has 0 amide bonds. The van der Waals surface area contributed by atoms with Crippen LogP contribution in [0, 0.1) is 13.8 Å². The van der Waals surface area contributed by atoms with Crippen molar-refractivity contribution in [3.63, 3.8) is 0 Å². The van der Waals surface area contributed by atoms with Crippen LogP contribution >= 0.6 is 0 Å². The zero-order chi connectivity index (χ0) is 31.2. The van der Waals surface area contributed by atoms with E-state index < -0.39 is 18.0 Å². The number of aromatic nitrogens is 4. The van der Waals surface area contributed by atoms with Crippen molar-refractivity contribution >= 4 is 56.3 Å². The maximum absolute atomic E-state index is 11.6.